The third kappa shape index (κ3) is 3.14. The fourth-order valence-corrected chi connectivity index (χ4v) is 2.02. The van der Waals surface area contributed by atoms with E-state index in [9.17, 15) is 5.11 Å². The van der Waals surface area contributed by atoms with Crippen LogP contribution in [-0.2, 0) is 0 Å². The van der Waals surface area contributed by atoms with E-state index in [1.165, 1.54) is 6.33 Å². The molecule has 6 nitrogen and oxygen atoms in total. The minimum absolute atomic E-state index is 0.0649. The van der Waals surface area contributed by atoms with Crippen molar-refractivity contribution < 1.29 is 5.11 Å². The maximum atomic E-state index is 9.55. The van der Waals surface area contributed by atoms with Crippen molar-refractivity contribution in [1.29, 1.82) is 0 Å². The van der Waals surface area contributed by atoms with E-state index >= 15 is 0 Å². The van der Waals surface area contributed by atoms with Crippen molar-refractivity contribution in [1.82, 2.24) is 19.7 Å². The van der Waals surface area contributed by atoms with Crippen molar-refractivity contribution in [2.45, 2.75) is 26.7 Å². The molecule has 0 fully saturated rings. The number of anilines is 1. The van der Waals surface area contributed by atoms with Gasteiger partial charge < -0.3 is 10.4 Å². The van der Waals surface area contributed by atoms with Gasteiger partial charge in [0.1, 0.15) is 12.7 Å². The molecule has 2 heterocycles. The molecule has 0 bridgehead atoms. The number of aliphatic hydroxyl groups excluding tert-OH is 1. The average Bonchev–Trinajstić information content (AvgIpc) is 3.04. The van der Waals surface area contributed by atoms with Crippen LogP contribution in [0.5, 0.6) is 0 Å². The normalized spacial score (nSPS) is 11.6. The Morgan fingerprint density at radius 2 is 2.10 bits per heavy atom. The topological polar surface area (TPSA) is 75.9 Å². The zero-order valence-corrected chi connectivity index (χ0v) is 12.0. The second kappa shape index (κ2) is 6.47. The number of rotatable bonds is 7. The molecule has 0 aliphatic heterocycles. The molecule has 0 aliphatic rings. The summed E-state index contributed by atoms with van der Waals surface area (Å²) in [4.78, 5) is 8.23. The summed E-state index contributed by atoms with van der Waals surface area (Å²) < 4.78 is 1.61. The molecule has 2 rings (SSSR count). The number of hydrogen-bond acceptors (Lipinski definition) is 5. The molecule has 2 N–H and O–H groups in total. The van der Waals surface area contributed by atoms with Crippen molar-refractivity contribution in [3.8, 4) is 5.82 Å². The zero-order valence-electron chi connectivity index (χ0n) is 12.0. The number of aromatic nitrogens is 4. The molecule has 0 spiro atoms. The lowest BCUT2D eigenvalue weighted by Gasteiger charge is -2.29. The zero-order chi connectivity index (χ0) is 14.4. The third-order valence-corrected chi connectivity index (χ3v) is 3.90. The van der Waals surface area contributed by atoms with E-state index in [-0.39, 0.29) is 12.0 Å². The van der Waals surface area contributed by atoms with Gasteiger partial charge in [0.2, 0.25) is 0 Å². The summed E-state index contributed by atoms with van der Waals surface area (Å²) >= 11 is 0. The Labute approximate surface area is 118 Å². The molecule has 0 saturated carbocycles. The summed E-state index contributed by atoms with van der Waals surface area (Å²) in [5.41, 5.74) is 0.874. The number of aliphatic hydroxyl groups is 1. The van der Waals surface area contributed by atoms with Crippen LogP contribution < -0.4 is 5.32 Å². The highest BCUT2D eigenvalue weighted by Gasteiger charge is 2.24. The van der Waals surface area contributed by atoms with E-state index in [4.69, 9.17) is 0 Å². The number of hydrogen-bond donors (Lipinski definition) is 2. The van der Waals surface area contributed by atoms with Gasteiger partial charge in [0.25, 0.3) is 0 Å². The molecule has 0 amide bonds. The van der Waals surface area contributed by atoms with Crippen molar-refractivity contribution >= 4 is 5.69 Å². The Hall–Kier alpha value is -1.95. The SMILES string of the molecule is CCC(CC)(CO)CNc1ccc(-n2cncn2)nc1. The lowest BCUT2D eigenvalue weighted by atomic mass is 9.83. The molecule has 0 atom stereocenters. The molecule has 0 saturated heterocycles. The van der Waals surface area contributed by atoms with Gasteiger partial charge >= 0.3 is 0 Å². The smallest absolute Gasteiger partial charge is 0.155 e. The molecule has 2 aromatic heterocycles. The Bertz CT molecular complexity index is 497. The lowest BCUT2D eigenvalue weighted by Crippen LogP contribution is -2.32. The average molecular weight is 275 g/mol. The largest absolute Gasteiger partial charge is 0.396 e. The van der Waals surface area contributed by atoms with E-state index < -0.39 is 0 Å². The van der Waals surface area contributed by atoms with E-state index in [0.717, 1.165) is 30.9 Å². The van der Waals surface area contributed by atoms with E-state index in [1.807, 2.05) is 12.1 Å². The summed E-state index contributed by atoms with van der Waals surface area (Å²) in [7, 11) is 0. The molecule has 0 aromatic carbocycles. The summed E-state index contributed by atoms with van der Waals surface area (Å²) in [6, 6.07) is 3.84. The van der Waals surface area contributed by atoms with Crippen LogP contribution >= 0.6 is 0 Å². The van der Waals surface area contributed by atoms with Crippen LogP contribution in [0, 0.1) is 5.41 Å². The molecule has 6 heteroatoms. The van der Waals surface area contributed by atoms with Crippen molar-refractivity contribution in [2.24, 2.45) is 5.41 Å². The highest BCUT2D eigenvalue weighted by atomic mass is 16.3. The second-order valence-corrected chi connectivity index (χ2v) is 4.96. The van der Waals surface area contributed by atoms with Gasteiger partial charge in [-0.3, -0.25) is 0 Å². The van der Waals surface area contributed by atoms with Gasteiger partial charge in [0.05, 0.1) is 18.5 Å². The number of nitrogens with zero attached hydrogens (tertiary/aromatic N) is 4. The molecule has 0 aliphatic carbocycles. The summed E-state index contributed by atoms with van der Waals surface area (Å²) in [5.74, 6) is 0.729. The van der Waals surface area contributed by atoms with Gasteiger partial charge in [-0.25, -0.2) is 14.6 Å². The summed E-state index contributed by atoms with van der Waals surface area (Å²) in [6.07, 6.45) is 6.74. The molecule has 0 unspecified atom stereocenters. The molecule has 0 radical (unpaired) electrons. The Morgan fingerprint density at radius 3 is 2.60 bits per heavy atom. The quantitative estimate of drug-likeness (QED) is 0.807. The first-order valence-corrected chi connectivity index (χ1v) is 6.89. The Morgan fingerprint density at radius 1 is 1.30 bits per heavy atom. The van der Waals surface area contributed by atoms with E-state index in [0.29, 0.717) is 0 Å². The fraction of sp³-hybridized carbons (Fsp3) is 0.500. The van der Waals surface area contributed by atoms with Gasteiger partial charge in [0, 0.05) is 12.0 Å². The maximum Gasteiger partial charge on any atom is 0.155 e. The van der Waals surface area contributed by atoms with Crippen molar-refractivity contribution in [3.05, 3.63) is 31.0 Å². The fourth-order valence-electron chi connectivity index (χ4n) is 2.02. The minimum Gasteiger partial charge on any atom is -0.396 e. The van der Waals surface area contributed by atoms with Gasteiger partial charge in [-0.05, 0) is 25.0 Å². The highest BCUT2D eigenvalue weighted by Crippen LogP contribution is 2.26. The molecule has 2 aromatic rings. The van der Waals surface area contributed by atoms with Gasteiger partial charge in [-0.2, -0.15) is 5.10 Å². The predicted octanol–water partition coefficient (Wildman–Crippen LogP) is 1.87. The van der Waals surface area contributed by atoms with Crippen LogP contribution in [0.3, 0.4) is 0 Å². The van der Waals surface area contributed by atoms with Gasteiger partial charge in [-0.15, -0.1) is 0 Å². The van der Waals surface area contributed by atoms with E-state index in [1.54, 1.807) is 17.2 Å². The van der Waals surface area contributed by atoms with Crippen LogP contribution in [0.4, 0.5) is 5.69 Å². The van der Waals surface area contributed by atoms with Crippen LogP contribution in [0.25, 0.3) is 5.82 Å². The number of nitrogens with one attached hydrogen (secondary N) is 1. The van der Waals surface area contributed by atoms with Crippen LogP contribution in [0.15, 0.2) is 31.0 Å². The van der Waals surface area contributed by atoms with Crippen molar-refractivity contribution in [2.75, 3.05) is 18.5 Å². The molecular weight excluding hydrogens is 254 g/mol. The summed E-state index contributed by atoms with van der Waals surface area (Å²) in [6.45, 7) is 5.14. The molecular formula is C14H21N5O. The van der Waals surface area contributed by atoms with Crippen LogP contribution in [-0.4, -0.2) is 38.0 Å². The van der Waals surface area contributed by atoms with Crippen LogP contribution in [0.2, 0.25) is 0 Å². The Balaban J connectivity index is 2.01. The summed E-state index contributed by atoms with van der Waals surface area (Å²) in [5, 5.41) is 16.9. The highest BCUT2D eigenvalue weighted by molar-refractivity contribution is 5.43. The standard InChI is InChI=1S/C14H21N5O/c1-3-14(4-2,9-20)8-17-12-5-6-13(16-7-12)19-11-15-10-18-19/h5-7,10-11,17,20H,3-4,8-9H2,1-2H3. The molecule has 108 valence electrons. The van der Waals surface area contributed by atoms with Crippen LogP contribution in [0.1, 0.15) is 26.7 Å². The first-order chi connectivity index (χ1) is 9.73. The first kappa shape index (κ1) is 14.5. The second-order valence-electron chi connectivity index (χ2n) is 4.96. The lowest BCUT2D eigenvalue weighted by molar-refractivity contribution is 0.127. The van der Waals surface area contributed by atoms with Crippen molar-refractivity contribution in [3.63, 3.8) is 0 Å². The monoisotopic (exact) mass is 275 g/mol. The minimum atomic E-state index is -0.0649. The predicted molar refractivity (Wildman–Crippen MR) is 77.7 cm³/mol. The van der Waals surface area contributed by atoms with Gasteiger partial charge in [0.15, 0.2) is 5.82 Å². The van der Waals surface area contributed by atoms with E-state index in [2.05, 4.69) is 34.2 Å². The maximum absolute atomic E-state index is 9.55. The van der Waals surface area contributed by atoms with Gasteiger partial charge in [-0.1, -0.05) is 13.8 Å². The Kier molecular flexibility index (Phi) is 4.68. The number of pyridine rings is 1. The third-order valence-electron chi connectivity index (χ3n) is 3.90. The molecule has 20 heavy (non-hydrogen) atoms. The first-order valence-electron chi connectivity index (χ1n) is 6.89.